The molecule has 1 saturated heterocycles. The van der Waals surface area contributed by atoms with E-state index in [9.17, 15) is 14.4 Å². The highest BCUT2D eigenvalue weighted by molar-refractivity contribution is 6.04. The molecule has 148 valence electrons. The second-order valence-electron chi connectivity index (χ2n) is 6.43. The van der Waals surface area contributed by atoms with Crippen molar-refractivity contribution in [1.82, 2.24) is 4.57 Å². The highest BCUT2D eigenvalue weighted by atomic mass is 16.5. The van der Waals surface area contributed by atoms with Gasteiger partial charge in [0.2, 0.25) is 5.91 Å². The zero-order valence-electron chi connectivity index (χ0n) is 15.9. The number of aromatic nitrogens is 1. The quantitative estimate of drug-likeness (QED) is 0.786. The van der Waals surface area contributed by atoms with E-state index >= 15 is 0 Å². The summed E-state index contributed by atoms with van der Waals surface area (Å²) < 4.78 is 11.8. The number of rotatable bonds is 7. The van der Waals surface area contributed by atoms with Crippen LogP contribution in [0.3, 0.4) is 0 Å². The molecule has 2 amide bonds. The lowest BCUT2D eigenvalue weighted by molar-refractivity contribution is -0.117. The molecular formula is C20H23N3O5. The molecule has 0 aliphatic carbocycles. The zero-order valence-corrected chi connectivity index (χ0v) is 15.9. The summed E-state index contributed by atoms with van der Waals surface area (Å²) in [4.78, 5) is 38.1. The molecule has 8 heteroatoms. The van der Waals surface area contributed by atoms with Crippen molar-refractivity contribution in [3.05, 3.63) is 52.4 Å². The Balaban J connectivity index is 1.79. The van der Waals surface area contributed by atoms with Gasteiger partial charge in [-0.1, -0.05) is 0 Å². The molecule has 3 rings (SSSR count). The molecule has 1 aromatic carbocycles. The molecule has 1 N–H and O–H groups in total. The van der Waals surface area contributed by atoms with E-state index in [1.165, 1.54) is 30.0 Å². The summed E-state index contributed by atoms with van der Waals surface area (Å²) >= 11 is 0. The Morgan fingerprint density at radius 1 is 1.18 bits per heavy atom. The number of benzene rings is 1. The Labute approximate surface area is 162 Å². The molecule has 1 aromatic heterocycles. The maximum Gasteiger partial charge on any atom is 0.257 e. The van der Waals surface area contributed by atoms with Crippen LogP contribution >= 0.6 is 0 Å². The summed E-state index contributed by atoms with van der Waals surface area (Å²) in [5.41, 5.74) is 1.38. The second-order valence-corrected chi connectivity index (χ2v) is 6.43. The highest BCUT2D eigenvalue weighted by Gasteiger charge is 2.24. The molecular weight excluding hydrogens is 362 g/mol. The monoisotopic (exact) mass is 385 g/mol. The predicted molar refractivity (Wildman–Crippen MR) is 105 cm³/mol. The fourth-order valence-corrected chi connectivity index (χ4v) is 3.11. The smallest absolute Gasteiger partial charge is 0.257 e. The van der Waals surface area contributed by atoms with Gasteiger partial charge in [-0.25, -0.2) is 0 Å². The normalized spacial score (nSPS) is 13.6. The Hall–Kier alpha value is -3.13. The van der Waals surface area contributed by atoms with Crippen LogP contribution < -0.4 is 20.5 Å². The number of hydrogen-bond donors (Lipinski definition) is 1. The van der Waals surface area contributed by atoms with E-state index < -0.39 is 0 Å². The number of anilines is 2. The SMILES string of the molecule is COCCn1cc(C(=O)Nc2ccc(N3CCCC3=O)c(OC)c2)ccc1=O. The molecule has 0 atom stereocenters. The van der Waals surface area contributed by atoms with Gasteiger partial charge in [-0.15, -0.1) is 0 Å². The van der Waals surface area contributed by atoms with Gasteiger partial charge in [0.25, 0.3) is 11.5 Å². The van der Waals surface area contributed by atoms with Crippen LogP contribution in [0.15, 0.2) is 41.3 Å². The molecule has 2 aromatic rings. The fourth-order valence-electron chi connectivity index (χ4n) is 3.11. The third kappa shape index (κ3) is 4.23. The van der Waals surface area contributed by atoms with Crippen molar-refractivity contribution in [3.63, 3.8) is 0 Å². The summed E-state index contributed by atoms with van der Waals surface area (Å²) in [6.45, 7) is 1.39. The molecule has 1 fully saturated rings. The van der Waals surface area contributed by atoms with E-state index in [0.29, 0.717) is 48.8 Å². The third-order valence-corrected chi connectivity index (χ3v) is 4.58. The van der Waals surface area contributed by atoms with Crippen LogP contribution in [0.1, 0.15) is 23.2 Å². The van der Waals surface area contributed by atoms with Crippen molar-refractivity contribution in [2.45, 2.75) is 19.4 Å². The van der Waals surface area contributed by atoms with Crippen LogP contribution in [0.4, 0.5) is 11.4 Å². The van der Waals surface area contributed by atoms with Crippen molar-refractivity contribution in [2.75, 3.05) is 37.6 Å². The number of carbonyl (C=O) groups is 2. The largest absolute Gasteiger partial charge is 0.494 e. The lowest BCUT2D eigenvalue weighted by Crippen LogP contribution is -2.24. The van der Waals surface area contributed by atoms with Crippen molar-refractivity contribution in [2.24, 2.45) is 0 Å². The van der Waals surface area contributed by atoms with Crippen LogP contribution in [0.25, 0.3) is 0 Å². The highest BCUT2D eigenvalue weighted by Crippen LogP contribution is 2.33. The number of nitrogens with zero attached hydrogens (tertiary/aromatic N) is 2. The van der Waals surface area contributed by atoms with Crippen molar-refractivity contribution >= 4 is 23.2 Å². The molecule has 8 nitrogen and oxygen atoms in total. The Bertz CT molecular complexity index is 938. The minimum atomic E-state index is -0.349. The van der Waals surface area contributed by atoms with E-state index in [-0.39, 0.29) is 17.4 Å². The molecule has 28 heavy (non-hydrogen) atoms. The zero-order chi connectivity index (χ0) is 20.1. The predicted octanol–water partition coefficient (Wildman–Crippen LogP) is 1.88. The first-order valence-corrected chi connectivity index (χ1v) is 9.02. The molecule has 0 saturated carbocycles. The van der Waals surface area contributed by atoms with Crippen LogP contribution in [-0.4, -0.2) is 43.8 Å². The van der Waals surface area contributed by atoms with Crippen LogP contribution in [0.5, 0.6) is 5.75 Å². The Morgan fingerprint density at radius 2 is 2.00 bits per heavy atom. The topological polar surface area (TPSA) is 89.9 Å². The van der Waals surface area contributed by atoms with E-state index in [1.807, 2.05) is 0 Å². The van der Waals surface area contributed by atoms with Crippen LogP contribution in [0.2, 0.25) is 0 Å². The third-order valence-electron chi connectivity index (χ3n) is 4.58. The van der Waals surface area contributed by atoms with Gasteiger partial charge in [-0.3, -0.25) is 14.4 Å². The average molecular weight is 385 g/mol. The van der Waals surface area contributed by atoms with Gasteiger partial charge in [0.1, 0.15) is 5.75 Å². The van der Waals surface area contributed by atoms with E-state index in [2.05, 4.69) is 5.32 Å². The van der Waals surface area contributed by atoms with Crippen molar-refractivity contribution in [1.29, 1.82) is 0 Å². The van der Waals surface area contributed by atoms with Gasteiger partial charge in [0, 0.05) is 50.6 Å². The van der Waals surface area contributed by atoms with Gasteiger partial charge < -0.3 is 24.3 Å². The van der Waals surface area contributed by atoms with Gasteiger partial charge in [-0.05, 0) is 24.6 Å². The molecule has 1 aliphatic rings. The second kappa shape index (κ2) is 8.71. The minimum absolute atomic E-state index is 0.0633. The fraction of sp³-hybridized carbons (Fsp3) is 0.350. The minimum Gasteiger partial charge on any atom is -0.494 e. The summed E-state index contributed by atoms with van der Waals surface area (Å²) in [5.74, 6) is 0.227. The van der Waals surface area contributed by atoms with E-state index in [0.717, 1.165) is 6.42 Å². The average Bonchev–Trinajstić information content (AvgIpc) is 3.12. The number of nitrogens with one attached hydrogen (secondary N) is 1. The first kappa shape index (κ1) is 19.6. The van der Waals surface area contributed by atoms with Gasteiger partial charge in [0.15, 0.2) is 0 Å². The maximum absolute atomic E-state index is 12.6. The van der Waals surface area contributed by atoms with Crippen LogP contribution in [-0.2, 0) is 16.1 Å². The number of ether oxygens (including phenoxy) is 2. The number of carbonyl (C=O) groups excluding carboxylic acids is 2. The molecule has 0 unspecified atom stereocenters. The molecule has 0 radical (unpaired) electrons. The van der Waals surface area contributed by atoms with E-state index in [1.54, 1.807) is 30.2 Å². The van der Waals surface area contributed by atoms with Crippen molar-refractivity contribution in [3.8, 4) is 5.75 Å². The molecule has 1 aliphatic heterocycles. The summed E-state index contributed by atoms with van der Waals surface area (Å²) in [7, 11) is 3.07. The molecule has 0 spiro atoms. The molecule has 0 bridgehead atoms. The van der Waals surface area contributed by atoms with Crippen molar-refractivity contribution < 1.29 is 19.1 Å². The Morgan fingerprint density at radius 3 is 2.68 bits per heavy atom. The number of hydrogen-bond acceptors (Lipinski definition) is 5. The number of pyridine rings is 1. The standard InChI is InChI=1S/C20H23N3O5/c1-27-11-10-22-13-14(5-8-18(22)24)20(26)21-15-6-7-16(17(12-15)28-2)23-9-3-4-19(23)25/h5-8,12-13H,3-4,9-11H2,1-2H3,(H,21,26). The first-order chi connectivity index (χ1) is 13.5. The number of methoxy groups -OCH3 is 2. The summed E-state index contributed by atoms with van der Waals surface area (Å²) in [6, 6.07) is 8.00. The summed E-state index contributed by atoms with van der Waals surface area (Å²) in [6.07, 6.45) is 2.85. The maximum atomic E-state index is 12.6. The number of amides is 2. The molecule has 2 heterocycles. The van der Waals surface area contributed by atoms with Gasteiger partial charge >= 0.3 is 0 Å². The van der Waals surface area contributed by atoms with Gasteiger partial charge in [0.05, 0.1) is 25.0 Å². The Kier molecular flexibility index (Phi) is 6.10. The van der Waals surface area contributed by atoms with Gasteiger partial charge in [-0.2, -0.15) is 0 Å². The van der Waals surface area contributed by atoms with Crippen LogP contribution in [0, 0.1) is 0 Å². The lowest BCUT2D eigenvalue weighted by atomic mass is 10.2. The lowest BCUT2D eigenvalue weighted by Gasteiger charge is -2.19. The summed E-state index contributed by atoms with van der Waals surface area (Å²) in [5, 5.41) is 2.80. The first-order valence-electron chi connectivity index (χ1n) is 9.02. The van der Waals surface area contributed by atoms with E-state index in [4.69, 9.17) is 9.47 Å².